The number of nitrogens with one attached hydrogen (secondary N) is 1. The van der Waals surface area contributed by atoms with E-state index in [1.807, 2.05) is 79.7 Å². The van der Waals surface area contributed by atoms with Crippen LogP contribution in [-0.4, -0.2) is 22.7 Å². The van der Waals surface area contributed by atoms with Crippen molar-refractivity contribution in [2.75, 3.05) is 6.61 Å². The Morgan fingerprint density at radius 2 is 1.67 bits per heavy atom. The maximum absolute atomic E-state index is 12.2. The Morgan fingerprint density at radius 3 is 2.43 bits per heavy atom. The first-order valence-corrected chi connectivity index (χ1v) is 9.66. The predicted molar refractivity (Wildman–Crippen MR) is 114 cm³/mol. The van der Waals surface area contributed by atoms with Gasteiger partial charge in [-0.1, -0.05) is 71.9 Å². The summed E-state index contributed by atoms with van der Waals surface area (Å²) in [7, 11) is 0. The summed E-state index contributed by atoms with van der Waals surface area (Å²) < 4.78 is 11.0. The number of amides is 1. The van der Waals surface area contributed by atoms with Gasteiger partial charge in [-0.2, -0.15) is 4.98 Å². The van der Waals surface area contributed by atoms with E-state index in [2.05, 4.69) is 15.5 Å². The minimum Gasteiger partial charge on any atom is -0.484 e. The van der Waals surface area contributed by atoms with Crippen molar-refractivity contribution in [2.24, 2.45) is 0 Å². The number of hydrogen-bond donors (Lipinski definition) is 1. The standard InChI is InChI=1S/C24H21N3O3/c1-17(18-9-4-2-5-10-18)25-22(28)16-29-21-14-8-13-20(15-21)24-26-23(27-30-24)19-11-6-3-7-12-19/h2-15,17H,16H2,1H3,(H,25,28)/t17-/m1/s1. The third-order valence-electron chi connectivity index (χ3n) is 4.59. The Kier molecular flexibility index (Phi) is 5.85. The Labute approximate surface area is 174 Å². The van der Waals surface area contributed by atoms with E-state index in [1.165, 1.54) is 0 Å². The number of carbonyl (C=O) groups is 1. The first-order valence-electron chi connectivity index (χ1n) is 9.66. The Bertz CT molecular complexity index is 1110. The number of hydrogen-bond acceptors (Lipinski definition) is 5. The molecule has 0 fully saturated rings. The highest BCUT2D eigenvalue weighted by Crippen LogP contribution is 2.25. The lowest BCUT2D eigenvalue weighted by atomic mass is 10.1. The SMILES string of the molecule is C[C@@H](NC(=O)COc1cccc(-c2nc(-c3ccccc3)no2)c1)c1ccccc1. The Hall–Kier alpha value is -3.93. The number of benzene rings is 3. The van der Waals surface area contributed by atoms with Crippen LogP contribution in [0.5, 0.6) is 5.75 Å². The molecule has 1 aromatic heterocycles. The van der Waals surface area contributed by atoms with Gasteiger partial charge in [0.05, 0.1) is 6.04 Å². The summed E-state index contributed by atoms with van der Waals surface area (Å²) in [6.45, 7) is 1.85. The molecule has 0 unspecified atom stereocenters. The normalized spacial score (nSPS) is 11.6. The van der Waals surface area contributed by atoms with E-state index in [0.29, 0.717) is 17.5 Å². The van der Waals surface area contributed by atoms with Gasteiger partial charge in [-0.3, -0.25) is 4.79 Å². The van der Waals surface area contributed by atoms with Crippen LogP contribution in [0.3, 0.4) is 0 Å². The van der Waals surface area contributed by atoms with Gasteiger partial charge in [0.2, 0.25) is 5.82 Å². The second-order valence-corrected chi connectivity index (χ2v) is 6.81. The van der Waals surface area contributed by atoms with Gasteiger partial charge in [-0.15, -0.1) is 0 Å². The smallest absolute Gasteiger partial charge is 0.258 e. The Morgan fingerprint density at radius 1 is 0.967 bits per heavy atom. The summed E-state index contributed by atoms with van der Waals surface area (Å²) in [6.07, 6.45) is 0. The van der Waals surface area contributed by atoms with Gasteiger partial charge < -0.3 is 14.6 Å². The lowest BCUT2D eigenvalue weighted by molar-refractivity contribution is -0.123. The van der Waals surface area contributed by atoms with Crippen LogP contribution in [0.25, 0.3) is 22.8 Å². The maximum Gasteiger partial charge on any atom is 0.258 e. The van der Waals surface area contributed by atoms with Crippen LogP contribution >= 0.6 is 0 Å². The van der Waals surface area contributed by atoms with Gasteiger partial charge in [0.15, 0.2) is 6.61 Å². The fourth-order valence-electron chi connectivity index (χ4n) is 3.02. The number of ether oxygens (including phenoxy) is 1. The van der Waals surface area contributed by atoms with Crippen LogP contribution < -0.4 is 10.1 Å². The summed E-state index contributed by atoms with van der Waals surface area (Å²) in [6, 6.07) is 26.5. The zero-order valence-electron chi connectivity index (χ0n) is 16.5. The minimum absolute atomic E-state index is 0.0836. The third kappa shape index (κ3) is 4.72. The Balaban J connectivity index is 1.38. The molecule has 30 heavy (non-hydrogen) atoms. The van der Waals surface area contributed by atoms with Crippen LogP contribution in [-0.2, 0) is 4.79 Å². The quantitative estimate of drug-likeness (QED) is 0.489. The average molecular weight is 399 g/mol. The fourth-order valence-corrected chi connectivity index (χ4v) is 3.02. The molecule has 1 amide bonds. The molecule has 1 heterocycles. The molecule has 1 atom stereocenters. The first kappa shape index (κ1) is 19.4. The monoisotopic (exact) mass is 399 g/mol. The van der Waals surface area contributed by atoms with Gasteiger partial charge in [0.1, 0.15) is 5.75 Å². The number of rotatable bonds is 7. The average Bonchev–Trinajstić information content (AvgIpc) is 3.30. The highest BCUT2D eigenvalue weighted by atomic mass is 16.5. The van der Waals surface area contributed by atoms with Crippen LogP contribution in [0, 0.1) is 0 Å². The molecule has 6 heteroatoms. The molecule has 150 valence electrons. The summed E-state index contributed by atoms with van der Waals surface area (Å²) in [4.78, 5) is 16.7. The molecule has 4 aromatic rings. The summed E-state index contributed by atoms with van der Waals surface area (Å²) in [5.74, 6) is 1.27. The molecule has 3 aromatic carbocycles. The topological polar surface area (TPSA) is 77.2 Å². The fraction of sp³-hybridized carbons (Fsp3) is 0.125. The molecule has 0 radical (unpaired) electrons. The third-order valence-corrected chi connectivity index (χ3v) is 4.59. The molecule has 0 aliphatic heterocycles. The molecule has 0 aliphatic rings. The van der Waals surface area contributed by atoms with Gasteiger partial charge in [-0.25, -0.2) is 0 Å². The van der Waals surface area contributed by atoms with E-state index >= 15 is 0 Å². The van der Waals surface area contributed by atoms with Crippen molar-refractivity contribution in [1.82, 2.24) is 15.5 Å². The van der Waals surface area contributed by atoms with E-state index in [1.54, 1.807) is 12.1 Å². The van der Waals surface area contributed by atoms with E-state index in [9.17, 15) is 4.79 Å². The van der Waals surface area contributed by atoms with E-state index in [0.717, 1.165) is 16.7 Å². The van der Waals surface area contributed by atoms with E-state index in [-0.39, 0.29) is 18.6 Å². The van der Waals surface area contributed by atoms with Crippen molar-refractivity contribution in [3.05, 3.63) is 90.5 Å². The molecule has 0 spiro atoms. The summed E-state index contributed by atoms with van der Waals surface area (Å²) in [5, 5.41) is 6.97. The zero-order valence-corrected chi connectivity index (χ0v) is 16.5. The summed E-state index contributed by atoms with van der Waals surface area (Å²) in [5.41, 5.74) is 2.64. The van der Waals surface area contributed by atoms with E-state index in [4.69, 9.17) is 9.26 Å². The van der Waals surface area contributed by atoms with Crippen molar-refractivity contribution in [3.8, 4) is 28.6 Å². The minimum atomic E-state index is -0.194. The second-order valence-electron chi connectivity index (χ2n) is 6.81. The van der Waals surface area contributed by atoms with Crippen molar-refractivity contribution >= 4 is 5.91 Å². The van der Waals surface area contributed by atoms with Gasteiger partial charge in [-0.05, 0) is 30.7 Å². The molecule has 6 nitrogen and oxygen atoms in total. The van der Waals surface area contributed by atoms with Crippen LogP contribution in [0.2, 0.25) is 0 Å². The van der Waals surface area contributed by atoms with Gasteiger partial charge >= 0.3 is 0 Å². The molecule has 1 N–H and O–H groups in total. The molecule has 0 bridgehead atoms. The van der Waals surface area contributed by atoms with Gasteiger partial charge in [0, 0.05) is 11.1 Å². The number of carbonyl (C=O) groups excluding carboxylic acids is 1. The molecule has 4 rings (SSSR count). The molecule has 0 aliphatic carbocycles. The van der Waals surface area contributed by atoms with Crippen molar-refractivity contribution in [2.45, 2.75) is 13.0 Å². The van der Waals surface area contributed by atoms with Crippen LogP contribution in [0.15, 0.2) is 89.5 Å². The first-order chi connectivity index (χ1) is 14.7. The summed E-state index contributed by atoms with van der Waals surface area (Å²) >= 11 is 0. The highest BCUT2D eigenvalue weighted by Gasteiger charge is 2.13. The molecule has 0 saturated carbocycles. The lowest BCUT2D eigenvalue weighted by Gasteiger charge is -2.14. The lowest BCUT2D eigenvalue weighted by Crippen LogP contribution is -2.31. The van der Waals surface area contributed by atoms with Crippen molar-refractivity contribution in [1.29, 1.82) is 0 Å². The molecular weight excluding hydrogens is 378 g/mol. The second kappa shape index (κ2) is 9.05. The van der Waals surface area contributed by atoms with Crippen LogP contribution in [0.4, 0.5) is 0 Å². The highest BCUT2D eigenvalue weighted by molar-refractivity contribution is 5.78. The van der Waals surface area contributed by atoms with Gasteiger partial charge in [0.25, 0.3) is 11.8 Å². The van der Waals surface area contributed by atoms with Crippen LogP contribution in [0.1, 0.15) is 18.5 Å². The zero-order chi connectivity index (χ0) is 20.8. The van der Waals surface area contributed by atoms with Crippen molar-refractivity contribution in [3.63, 3.8) is 0 Å². The number of nitrogens with zero attached hydrogens (tertiary/aromatic N) is 2. The van der Waals surface area contributed by atoms with E-state index < -0.39 is 0 Å². The predicted octanol–water partition coefficient (Wildman–Crippen LogP) is 4.66. The largest absolute Gasteiger partial charge is 0.484 e. The maximum atomic E-state index is 12.2. The molecule has 0 saturated heterocycles. The molecular formula is C24H21N3O3. The van der Waals surface area contributed by atoms with Crippen molar-refractivity contribution < 1.29 is 14.1 Å². The number of aromatic nitrogens is 2.